The van der Waals surface area contributed by atoms with Gasteiger partial charge in [0, 0.05) is 17.8 Å². The van der Waals surface area contributed by atoms with Gasteiger partial charge in [0.1, 0.15) is 4.83 Å². The summed E-state index contributed by atoms with van der Waals surface area (Å²) in [5.41, 5.74) is -0.740. The number of fused-ring (bicyclic) bond motifs is 1. The number of hydrogen-bond acceptors (Lipinski definition) is 5. The summed E-state index contributed by atoms with van der Waals surface area (Å²) in [4.78, 5) is 39.8. The minimum absolute atomic E-state index is 0.182. The van der Waals surface area contributed by atoms with Gasteiger partial charge in [-0.1, -0.05) is 13.8 Å². The Balaban J connectivity index is 2.34. The van der Waals surface area contributed by atoms with Crippen molar-refractivity contribution in [3.63, 3.8) is 0 Å². The number of methoxy groups -OCH3 is 1. The van der Waals surface area contributed by atoms with E-state index in [4.69, 9.17) is 0 Å². The highest BCUT2D eigenvalue weighted by Gasteiger charge is 2.13. The maximum Gasteiger partial charge on any atom is 0.329 e. The molecule has 114 valence electrons. The minimum atomic E-state index is -0.436. The molecule has 0 saturated carbocycles. The molecule has 2 aromatic rings. The highest BCUT2D eigenvalue weighted by Crippen LogP contribution is 2.26. The Labute approximate surface area is 125 Å². The van der Waals surface area contributed by atoms with Crippen molar-refractivity contribution < 1.29 is 9.53 Å². The topological polar surface area (TPSA) is 81.2 Å². The molecule has 7 heteroatoms. The van der Waals surface area contributed by atoms with Crippen molar-refractivity contribution in [1.82, 2.24) is 9.55 Å². The van der Waals surface area contributed by atoms with Crippen molar-refractivity contribution >= 4 is 27.5 Å². The van der Waals surface area contributed by atoms with E-state index in [-0.39, 0.29) is 24.5 Å². The number of ether oxygens (including phenoxy) is 1. The third kappa shape index (κ3) is 3.24. The van der Waals surface area contributed by atoms with Gasteiger partial charge in [-0.05, 0) is 18.4 Å². The van der Waals surface area contributed by atoms with Crippen LogP contribution >= 0.6 is 11.3 Å². The normalized spacial score (nSPS) is 11.2. The zero-order chi connectivity index (χ0) is 15.6. The van der Waals surface area contributed by atoms with E-state index in [0.717, 1.165) is 9.44 Å². The molecule has 6 nitrogen and oxygen atoms in total. The molecule has 0 spiro atoms. The van der Waals surface area contributed by atoms with Crippen molar-refractivity contribution in [2.45, 2.75) is 39.2 Å². The highest BCUT2D eigenvalue weighted by molar-refractivity contribution is 7.18. The molecular weight excluding hydrogens is 292 g/mol. The zero-order valence-corrected chi connectivity index (χ0v) is 13.1. The highest BCUT2D eigenvalue weighted by atomic mass is 32.1. The van der Waals surface area contributed by atoms with Crippen LogP contribution in [0.2, 0.25) is 0 Å². The second-order valence-corrected chi connectivity index (χ2v) is 6.20. The van der Waals surface area contributed by atoms with E-state index in [1.807, 2.05) is 19.9 Å². The van der Waals surface area contributed by atoms with E-state index in [0.29, 0.717) is 22.6 Å². The molecule has 0 aliphatic rings. The van der Waals surface area contributed by atoms with Gasteiger partial charge < -0.3 is 4.74 Å². The molecule has 2 heterocycles. The number of aromatic amines is 1. The Morgan fingerprint density at radius 3 is 2.76 bits per heavy atom. The van der Waals surface area contributed by atoms with Crippen molar-refractivity contribution in [3.8, 4) is 0 Å². The lowest BCUT2D eigenvalue weighted by atomic mass is 10.2. The molecule has 0 atom stereocenters. The largest absolute Gasteiger partial charge is 0.469 e. The molecule has 0 fully saturated rings. The molecule has 1 N–H and O–H groups in total. The van der Waals surface area contributed by atoms with Gasteiger partial charge in [-0.3, -0.25) is 19.1 Å². The average molecular weight is 310 g/mol. The number of nitrogens with one attached hydrogen (secondary N) is 1. The maximum atomic E-state index is 12.4. The third-order valence-electron chi connectivity index (χ3n) is 3.25. The zero-order valence-electron chi connectivity index (χ0n) is 12.3. The summed E-state index contributed by atoms with van der Waals surface area (Å²) in [6, 6.07) is 1.83. The average Bonchev–Trinajstić information content (AvgIpc) is 2.86. The van der Waals surface area contributed by atoms with Gasteiger partial charge in [-0.2, -0.15) is 0 Å². The first-order chi connectivity index (χ1) is 9.93. The fourth-order valence-electron chi connectivity index (χ4n) is 2.04. The standard InChI is InChI=1S/C14H18N2O4S/c1-8(2)10-7-9-12(21-10)15-14(19)16(13(9)18)6-4-5-11(17)20-3/h7-8H,4-6H2,1-3H3,(H,15,19). The number of nitrogens with zero attached hydrogens (tertiary/aromatic N) is 1. The van der Waals surface area contributed by atoms with Crippen molar-refractivity contribution in [3.05, 3.63) is 31.8 Å². The van der Waals surface area contributed by atoms with E-state index in [2.05, 4.69) is 9.72 Å². The number of carbonyl (C=O) groups excluding carboxylic acids is 1. The minimum Gasteiger partial charge on any atom is -0.469 e. The summed E-state index contributed by atoms with van der Waals surface area (Å²) in [6.45, 7) is 4.28. The number of aromatic nitrogens is 2. The van der Waals surface area contributed by atoms with Crippen molar-refractivity contribution in [1.29, 1.82) is 0 Å². The molecule has 0 radical (unpaired) electrons. The summed E-state index contributed by atoms with van der Waals surface area (Å²) in [6.07, 6.45) is 0.573. The van der Waals surface area contributed by atoms with Crippen LogP contribution in [0.3, 0.4) is 0 Å². The first kappa shape index (κ1) is 15.5. The Hall–Kier alpha value is -1.89. The van der Waals surface area contributed by atoms with E-state index < -0.39 is 5.69 Å². The number of hydrogen-bond donors (Lipinski definition) is 1. The lowest BCUT2D eigenvalue weighted by Gasteiger charge is -2.03. The van der Waals surface area contributed by atoms with Gasteiger partial charge in [-0.25, -0.2) is 4.79 Å². The number of H-pyrrole nitrogens is 1. The Morgan fingerprint density at radius 1 is 1.43 bits per heavy atom. The Bertz CT molecular complexity index is 769. The second-order valence-electron chi connectivity index (χ2n) is 5.11. The van der Waals surface area contributed by atoms with Crippen LogP contribution in [0.15, 0.2) is 15.7 Å². The van der Waals surface area contributed by atoms with Gasteiger partial charge in [0.15, 0.2) is 0 Å². The molecule has 2 rings (SSSR count). The molecule has 2 aromatic heterocycles. The lowest BCUT2D eigenvalue weighted by molar-refractivity contribution is -0.140. The van der Waals surface area contributed by atoms with E-state index in [1.165, 1.54) is 18.4 Å². The van der Waals surface area contributed by atoms with E-state index >= 15 is 0 Å². The van der Waals surface area contributed by atoms with Gasteiger partial charge in [-0.15, -0.1) is 11.3 Å². The van der Waals surface area contributed by atoms with Crippen LogP contribution in [0.5, 0.6) is 0 Å². The van der Waals surface area contributed by atoms with Crippen LogP contribution in [-0.4, -0.2) is 22.6 Å². The summed E-state index contributed by atoms with van der Waals surface area (Å²) >= 11 is 1.43. The molecule has 0 amide bonds. The molecule has 21 heavy (non-hydrogen) atoms. The number of esters is 1. The quantitative estimate of drug-likeness (QED) is 0.854. The Kier molecular flexibility index (Phi) is 4.62. The van der Waals surface area contributed by atoms with Crippen molar-refractivity contribution in [2.24, 2.45) is 0 Å². The predicted octanol–water partition coefficient (Wildman–Crippen LogP) is 1.83. The Morgan fingerprint density at radius 2 is 2.14 bits per heavy atom. The summed E-state index contributed by atoms with van der Waals surface area (Å²) < 4.78 is 5.68. The SMILES string of the molecule is COC(=O)CCCn1c(=O)[nH]c2sc(C(C)C)cc2c1=O. The van der Waals surface area contributed by atoms with Gasteiger partial charge in [0.2, 0.25) is 0 Å². The fraction of sp³-hybridized carbons (Fsp3) is 0.500. The molecule has 0 saturated heterocycles. The molecule has 0 unspecified atom stereocenters. The lowest BCUT2D eigenvalue weighted by Crippen LogP contribution is -2.34. The molecule has 0 bridgehead atoms. The second kappa shape index (κ2) is 6.26. The van der Waals surface area contributed by atoms with E-state index in [9.17, 15) is 14.4 Å². The predicted molar refractivity (Wildman–Crippen MR) is 82.0 cm³/mol. The van der Waals surface area contributed by atoms with Crippen LogP contribution in [0, 0.1) is 0 Å². The number of rotatable bonds is 5. The smallest absolute Gasteiger partial charge is 0.329 e. The van der Waals surface area contributed by atoms with Crippen molar-refractivity contribution in [2.75, 3.05) is 7.11 Å². The van der Waals surface area contributed by atoms with Gasteiger partial charge >= 0.3 is 11.7 Å². The van der Waals surface area contributed by atoms with Gasteiger partial charge in [0.05, 0.1) is 12.5 Å². The number of carbonyl (C=O) groups is 1. The van der Waals surface area contributed by atoms with Crippen LogP contribution in [0.25, 0.3) is 10.2 Å². The summed E-state index contributed by atoms with van der Waals surface area (Å²) in [7, 11) is 1.31. The van der Waals surface area contributed by atoms with Crippen LogP contribution in [0.1, 0.15) is 37.5 Å². The van der Waals surface area contributed by atoms with Gasteiger partial charge in [0.25, 0.3) is 5.56 Å². The third-order valence-corrected chi connectivity index (χ3v) is 4.60. The first-order valence-corrected chi connectivity index (χ1v) is 7.59. The van der Waals surface area contributed by atoms with E-state index in [1.54, 1.807) is 0 Å². The fourth-order valence-corrected chi connectivity index (χ4v) is 3.08. The maximum absolute atomic E-state index is 12.4. The summed E-state index contributed by atoms with van der Waals surface area (Å²) in [5.74, 6) is -0.0451. The molecule has 0 aromatic carbocycles. The number of thiophene rings is 1. The van der Waals surface area contributed by atoms with Crippen LogP contribution < -0.4 is 11.2 Å². The molecule has 0 aliphatic heterocycles. The van der Waals surface area contributed by atoms with Crippen LogP contribution in [-0.2, 0) is 16.1 Å². The molecular formula is C14H18N2O4S. The first-order valence-electron chi connectivity index (χ1n) is 6.77. The van der Waals surface area contributed by atoms with Crippen LogP contribution in [0.4, 0.5) is 0 Å². The monoisotopic (exact) mass is 310 g/mol. The summed E-state index contributed by atoms with van der Waals surface area (Å²) in [5, 5.41) is 0.529. The molecule has 0 aliphatic carbocycles.